The van der Waals surface area contributed by atoms with Crippen molar-refractivity contribution in [1.29, 1.82) is 0 Å². The average Bonchev–Trinajstić information content (AvgIpc) is 3.05. The van der Waals surface area contributed by atoms with E-state index in [0.717, 1.165) is 24.8 Å². The van der Waals surface area contributed by atoms with Gasteiger partial charge in [-0.2, -0.15) is 0 Å². The van der Waals surface area contributed by atoms with E-state index in [9.17, 15) is 4.79 Å². The lowest BCUT2D eigenvalue weighted by molar-refractivity contribution is 0.157. The highest BCUT2D eigenvalue weighted by atomic mass is 16.2. The Balaban J connectivity index is 1.40. The third-order valence-corrected chi connectivity index (χ3v) is 5.68. The molecule has 3 fully saturated rings. The molecule has 3 heterocycles. The van der Waals surface area contributed by atoms with Crippen molar-refractivity contribution in [2.75, 3.05) is 31.5 Å². The molecule has 3 saturated heterocycles. The van der Waals surface area contributed by atoms with Gasteiger partial charge in [0.2, 0.25) is 0 Å². The van der Waals surface area contributed by atoms with Gasteiger partial charge in [0.25, 0.3) is 0 Å². The van der Waals surface area contributed by atoms with Crippen LogP contribution in [-0.4, -0.2) is 48.1 Å². The van der Waals surface area contributed by atoms with Crippen LogP contribution in [0.4, 0.5) is 10.5 Å². The van der Waals surface area contributed by atoms with E-state index < -0.39 is 0 Å². The van der Waals surface area contributed by atoms with Crippen LogP contribution in [-0.2, 0) is 0 Å². The number of benzene rings is 1. The van der Waals surface area contributed by atoms with Crippen LogP contribution >= 0.6 is 0 Å². The van der Waals surface area contributed by atoms with Gasteiger partial charge < -0.3 is 10.2 Å². The molecule has 22 heavy (non-hydrogen) atoms. The van der Waals surface area contributed by atoms with E-state index in [1.54, 1.807) is 0 Å². The average molecular weight is 299 g/mol. The Bertz CT molecular complexity index is 573. The molecule has 0 saturated carbocycles. The number of hydrogen-bond acceptors (Lipinski definition) is 2. The Kier molecular flexibility index (Phi) is 3.57. The smallest absolute Gasteiger partial charge is 0.321 e. The third-order valence-electron chi connectivity index (χ3n) is 5.68. The van der Waals surface area contributed by atoms with Crippen LogP contribution in [0.25, 0.3) is 0 Å². The van der Waals surface area contributed by atoms with Crippen molar-refractivity contribution in [3.8, 4) is 0 Å². The van der Waals surface area contributed by atoms with E-state index in [1.807, 2.05) is 36.1 Å². The van der Waals surface area contributed by atoms with Crippen molar-refractivity contribution < 1.29 is 4.79 Å². The zero-order valence-electron chi connectivity index (χ0n) is 13.3. The van der Waals surface area contributed by atoms with E-state index in [0.29, 0.717) is 11.8 Å². The van der Waals surface area contributed by atoms with E-state index >= 15 is 0 Å². The van der Waals surface area contributed by atoms with E-state index in [2.05, 4.69) is 10.2 Å². The van der Waals surface area contributed by atoms with Gasteiger partial charge in [-0.05, 0) is 55.8 Å². The van der Waals surface area contributed by atoms with Gasteiger partial charge in [0, 0.05) is 31.4 Å². The number of anilines is 1. The van der Waals surface area contributed by atoms with Crippen molar-refractivity contribution in [2.24, 2.45) is 11.8 Å². The van der Waals surface area contributed by atoms with E-state index in [1.165, 1.54) is 37.9 Å². The van der Waals surface area contributed by atoms with Gasteiger partial charge in [-0.15, -0.1) is 0 Å². The Labute approximate surface area is 132 Å². The number of rotatable bonds is 1. The van der Waals surface area contributed by atoms with Crippen LogP contribution in [0.2, 0.25) is 0 Å². The Morgan fingerprint density at radius 2 is 2.14 bits per heavy atom. The summed E-state index contributed by atoms with van der Waals surface area (Å²) in [6, 6.07) is 8.83. The zero-order valence-corrected chi connectivity index (χ0v) is 13.3. The molecule has 0 aliphatic carbocycles. The molecule has 0 radical (unpaired) electrons. The first-order valence-corrected chi connectivity index (χ1v) is 8.57. The second kappa shape index (κ2) is 5.58. The maximum absolute atomic E-state index is 12.5. The lowest BCUT2D eigenvalue weighted by Crippen LogP contribution is -2.41. The molecular weight excluding hydrogens is 274 g/mol. The molecule has 3 aliphatic rings. The number of carbonyl (C=O) groups excluding carboxylic acids is 1. The lowest BCUT2D eigenvalue weighted by Gasteiger charge is -2.33. The predicted molar refractivity (Wildman–Crippen MR) is 88.0 cm³/mol. The normalized spacial score (nSPS) is 31.0. The molecule has 0 aromatic heterocycles. The zero-order chi connectivity index (χ0) is 15.1. The highest BCUT2D eigenvalue weighted by Crippen LogP contribution is 2.40. The minimum absolute atomic E-state index is 0.0716. The molecule has 1 aromatic rings. The minimum Gasteiger partial charge on any atom is -0.324 e. The summed E-state index contributed by atoms with van der Waals surface area (Å²) >= 11 is 0. The van der Waals surface area contributed by atoms with Crippen LogP contribution in [0.5, 0.6) is 0 Å². The maximum Gasteiger partial charge on any atom is 0.321 e. The standard InChI is InChI=1S/C18H25N3O/c1-13-5-4-6-15(9-13)19-18(22)21-11-14-10-20-8-3-2-7-17(20)16(14)12-21/h4-6,9,14,16-17H,2-3,7-8,10-12H2,1H3,(H,19,22). The van der Waals surface area contributed by atoms with Gasteiger partial charge in [0.1, 0.15) is 0 Å². The largest absolute Gasteiger partial charge is 0.324 e. The first-order chi connectivity index (χ1) is 10.7. The van der Waals surface area contributed by atoms with Crippen LogP contribution in [0.3, 0.4) is 0 Å². The third kappa shape index (κ3) is 2.50. The summed E-state index contributed by atoms with van der Waals surface area (Å²) in [5.74, 6) is 1.38. The number of aryl methyl sites for hydroxylation is 1. The van der Waals surface area contributed by atoms with Crippen LogP contribution in [0.15, 0.2) is 24.3 Å². The fraction of sp³-hybridized carbons (Fsp3) is 0.611. The topological polar surface area (TPSA) is 35.6 Å². The number of nitrogens with zero attached hydrogens (tertiary/aromatic N) is 2. The number of urea groups is 1. The Hall–Kier alpha value is -1.55. The summed E-state index contributed by atoms with van der Waals surface area (Å²) < 4.78 is 0. The molecule has 118 valence electrons. The molecular formula is C18H25N3O. The minimum atomic E-state index is 0.0716. The SMILES string of the molecule is Cc1cccc(NC(=O)N2CC3CN4CCCCC4C3C2)c1. The molecule has 0 spiro atoms. The molecule has 1 aromatic carbocycles. The van der Waals surface area contributed by atoms with E-state index in [-0.39, 0.29) is 6.03 Å². The number of piperidine rings is 1. The number of nitrogens with one attached hydrogen (secondary N) is 1. The van der Waals surface area contributed by atoms with Gasteiger partial charge in [-0.1, -0.05) is 18.6 Å². The number of fused-ring (bicyclic) bond motifs is 3. The summed E-state index contributed by atoms with van der Waals surface area (Å²) in [6.45, 7) is 6.38. The molecule has 1 N–H and O–H groups in total. The van der Waals surface area contributed by atoms with Crippen LogP contribution in [0, 0.1) is 18.8 Å². The summed E-state index contributed by atoms with van der Waals surface area (Å²) in [6.07, 6.45) is 4.04. The number of hydrogen-bond donors (Lipinski definition) is 1. The Morgan fingerprint density at radius 3 is 3.00 bits per heavy atom. The molecule has 4 nitrogen and oxygen atoms in total. The van der Waals surface area contributed by atoms with Crippen LogP contribution in [0.1, 0.15) is 24.8 Å². The van der Waals surface area contributed by atoms with Gasteiger partial charge in [0.15, 0.2) is 0 Å². The predicted octanol–water partition coefficient (Wildman–Crippen LogP) is 2.94. The monoisotopic (exact) mass is 299 g/mol. The van der Waals surface area contributed by atoms with Crippen molar-refractivity contribution in [2.45, 2.75) is 32.2 Å². The van der Waals surface area contributed by atoms with Crippen molar-refractivity contribution in [1.82, 2.24) is 9.80 Å². The second-order valence-corrected chi connectivity index (χ2v) is 7.19. The first-order valence-electron chi connectivity index (χ1n) is 8.57. The summed E-state index contributed by atoms with van der Waals surface area (Å²) in [5.41, 5.74) is 2.08. The number of amides is 2. The molecule has 3 unspecified atom stereocenters. The number of likely N-dealkylation sites (tertiary alicyclic amines) is 1. The molecule has 3 atom stereocenters. The second-order valence-electron chi connectivity index (χ2n) is 7.19. The molecule has 3 aliphatic heterocycles. The fourth-order valence-electron chi connectivity index (χ4n) is 4.65. The van der Waals surface area contributed by atoms with Crippen molar-refractivity contribution >= 4 is 11.7 Å². The molecule has 2 amide bonds. The van der Waals surface area contributed by atoms with Gasteiger partial charge in [-0.25, -0.2) is 4.79 Å². The maximum atomic E-state index is 12.5. The Morgan fingerprint density at radius 1 is 1.23 bits per heavy atom. The van der Waals surface area contributed by atoms with Gasteiger partial charge in [-0.3, -0.25) is 4.90 Å². The molecule has 4 rings (SSSR count). The van der Waals surface area contributed by atoms with E-state index in [4.69, 9.17) is 0 Å². The molecule has 0 bridgehead atoms. The first kappa shape index (κ1) is 14.1. The lowest BCUT2D eigenvalue weighted by atomic mass is 9.90. The number of carbonyl (C=O) groups is 1. The van der Waals surface area contributed by atoms with Crippen LogP contribution < -0.4 is 5.32 Å². The molecule has 4 heteroatoms. The fourth-order valence-corrected chi connectivity index (χ4v) is 4.65. The quantitative estimate of drug-likeness (QED) is 0.865. The van der Waals surface area contributed by atoms with Crippen molar-refractivity contribution in [3.05, 3.63) is 29.8 Å². The highest BCUT2D eigenvalue weighted by molar-refractivity contribution is 5.89. The summed E-state index contributed by atoms with van der Waals surface area (Å²) in [5, 5.41) is 3.06. The highest BCUT2D eigenvalue weighted by Gasteiger charge is 2.48. The van der Waals surface area contributed by atoms with Crippen molar-refractivity contribution in [3.63, 3.8) is 0 Å². The van der Waals surface area contributed by atoms with Gasteiger partial charge in [0.05, 0.1) is 0 Å². The summed E-state index contributed by atoms with van der Waals surface area (Å²) in [7, 11) is 0. The summed E-state index contributed by atoms with van der Waals surface area (Å²) in [4.78, 5) is 17.2. The van der Waals surface area contributed by atoms with Gasteiger partial charge >= 0.3 is 6.03 Å².